The molecule has 0 spiro atoms. The third kappa shape index (κ3) is 3.72. The van der Waals surface area contributed by atoms with Gasteiger partial charge >= 0.3 is 5.97 Å². The van der Waals surface area contributed by atoms with Gasteiger partial charge in [0.25, 0.3) is 0 Å². The van der Waals surface area contributed by atoms with Crippen LogP contribution in [0.3, 0.4) is 0 Å². The lowest BCUT2D eigenvalue weighted by atomic mass is 10.1. The summed E-state index contributed by atoms with van der Waals surface area (Å²) in [4.78, 5) is 15.5. The Morgan fingerprint density at radius 1 is 1.12 bits per heavy atom. The minimum Gasteiger partial charge on any atom is -0.497 e. The van der Waals surface area contributed by atoms with E-state index in [2.05, 4.69) is 10.3 Å². The second-order valence-corrected chi connectivity index (χ2v) is 5.97. The number of carboxylic acid groups (broad SMARTS) is 1. The van der Waals surface area contributed by atoms with Gasteiger partial charge in [-0.15, -0.1) is 11.3 Å². The number of hydrogen-bond donors (Lipinski definition) is 2. The van der Waals surface area contributed by atoms with Crippen molar-refractivity contribution < 1.29 is 19.4 Å². The van der Waals surface area contributed by atoms with Crippen LogP contribution >= 0.6 is 11.3 Å². The average molecular weight is 356 g/mol. The highest BCUT2D eigenvalue weighted by atomic mass is 32.1. The molecule has 2 N–H and O–H groups in total. The van der Waals surface area contributed by atoms with E-state index in [0.29, 0.717) is 10.9 Å². The zero-order valence-corrected chi connectivity index (χ0v) is 14.5. The van der Waals surface area contributed by atoms with E-state index in [0.717, 1.165) is 22.7 Å². The van der Waals surface area contributed by atoms with Gasteiger partial charge < -0.3 is 19.9 Å². The van der Waals surface area contributed by atoms with Crippen LogP contribution in [0.1, 0.15) is 10.4 Å². The van der Waals surface area contributed by atoms with Crippen LogP contribution < -0.4 is 14.8 Å². The minimum absolute atomic E-state index is 0.242. The topological polar surface area (TPSA) is 80.7 Å². The maximum Gasteiger partial charge on any atom is 0.335 e. The van der Waals surface area contributed by atoms with Gasteiger partial charge in [-0.2, -0.15) is 0 Å². The quantitative estimate of drug-likeness (QED) is 0.686. The number of methoxy groups -OCH3 is 2. The molecule has 1 heterocycles. The van der Waals surface area contributed by atoms with Gasteiger partial charge in [0.15, 0.2) is 5.13 Å². The lowest BCUT2D eigenvalue weighted by Gasteiger charge is -2.08. The van der Waals surface area contributed by atoms with Gasteiger partial charge in [0.05, 0.1) is 25.5 Å². The monoisotopic (exact) mass is 356 g/mol. The van der Waals surface area contributed by atoms with Crippen molar-refractivity contribution in [3.05, 3.63) is 53.4 Å². The number of ether oxygens (including phenoxy) is 2. The molecule has 0 aliphatic heterocycles. The second kappa shape index (κ2) is 7.23. The van der Waals surface area contributed by atoms with Crippen LogP contribution in [0.5, 0.6) is 11.5 Å². The lowest BCUT2D eigenvalue weighted by molar-refractivity contribution is 0.0697. The third-order valence-corrected chi connectivity index (χ3v) is 4.33. The molecule has 2 aromatic carbocycles. The predicted octanol–water partition coefficient (Wildman–Crippen LogP) is 4.27. The first-order chi connectivity index (χ1) is 12.1. The molecule has 0 bridgehead atoms. The molecule has 0 radical (unpaired) electrons. The highest BCUT2D eigenvalue weighted by Crippen LogP contribution is 2.35. The van der Waals surface area contributed by atoms with Crippen LogP contribution in [0.2, 0.25) is 0 Å². The third-order valence-electron chi connectivity index (χ3n) is 3.57. The Bertz CT molecular complexity index is 890. The predicted molar refractivity (Wildman–Crippen MR) is 97.3 cm³/mol. The zero-order valence-electron chi connectivity index (χ0n) is 13.6. The van der Waals surface area contributed by atoms with Crippen LogP contribution in [0.25, 0.3) is 11.3 Å². The largest absolute Gasteiger partial charge is 0.497 e. The Labute approximate surface area is 148 Å². The van der Waals surface area contributed by atoms with Gasteiger partial charge in [-0.3, -0.25) is 0 Å². The molecule has 0 atom stereocenters. The maximum absolute atomic E-state index is 10.9. The molecule has 3 aromatic rings. The Kier molecular flexibility index (Phi) is 4.85. The molecule has 0 saturated heterocycles. The van der Waals surface area contributed by atoms with Crippen molar-refractivity contribution >= 4 is 28.1 Å². The first-order valence-corrected chi connectivity index (χ1v) is 8.27. The molecule has 25 heavy (non-hydrogen) atoms. The number of aromatic nitrogens is 1. The smallest absolute Gasteiger partial charge is 0.335 e. The van der Waals surface area contributed by atoms with Gasteiger partial charge in [-0.05, 0) is 42.5 Å². The first-order valence-electron chi connectivity index (χ1n) is 7.39. The molecular formula is C18H16N2O4S. The summed E-state index contributed by atoms with van der Waals surface area (Å²) in [6.45, 7) is 0. The van der Waals surface area contributed by atoms with Gasteiger partial charge in [0, 0.05) is 16.6 Å². The Morgan fingerprint density at radius 2 is 1.88 bits per heavy atom. The van der Waals surface area contributed by atoms with E-state index in [1.807, 2.05) is 23.6 Å². The number of carboxylic acids is 1. The number of nitrogens with zero attached hydrogens (tertiary/aromatic N) is 1. The summed E-state index contributed by atoms with van der Waals surface area (Å²) in [5, 5.41) is 14.7. The van der Waals surface area contributed by atoms with Crippen LogP contribution in [0.15, 0.2) is 47.8 Å². The van der Waals surface area contributed by atoms with Crippen molar-refractivity contribution in [1.82, 2.24) is 4.98 Å². The Morgan fingerprint density at radius 3 is 2.52 bits per heavy atom. The lowest BCUT2D eigenvalue weighted by Crippen LogP contribution is -1.96. The van der Waals surface area contributed by atoms with Crippen LogP contribution in [-0.4, -0.2) is 30.3 Å². The highest BCUT2D eigenvalue weighted by Gasteiger charge is 2.12. The molecule has 0 amide bonds. The van der Waals surface area contributed by atoms with E-state index in [1.165, 1.54) is 11.3 Å². The molecule has 1 aromatic heterocycles. The molecule has 0 unspecified atom stereocenters. The SMILES string of the molecule is COc1ccc(OC)c(-c2csc(Nc3ccc(C(=O)O)cc3)n2)c1. The fraction of sp³-hybridized carbons (Fsp3) is 0.111. The van der Waals surface area contributed by atoms with Crippen LogP contribution in [0.4, 0.5) is 10.8 Å². The molecule has 0 aliphatic carbocycles. The van der Waals surface area contributed by atoms with Crippen molar-refractivity contribution in [2.24, 2.45) is 0 Å². The van der Waals surface area contributed by atoms with Crippen molar-refractivity contribution in [2.75, 3.05) is 19.5 Å². The summed E-state index contributed by atoms with van der Waals surface area (Å²) >= 11 is 1.45. The summed E-state index contributed by atoms with van der Waals surface area (Å²) in [6, 6.07) is 12.0. The summed E-state index contributed by atoms with van der Waals surface area (Å²) in [5.74, 6) is 0.485. The Balaban J connectivity index is 1.84. The first kappa shape index (κ1) is 16.8. The van der Waals surface area contributed by atoms with Crippen molar-refractivity contribution in [2.45, 2.75) is 0 Å². The van der Waals surface area contributed by atoms with E-state index in [-0.39, 0.29) is 5.56 Å². The van der Waals surface area contributed by atoms with Gasteiger partial charge in [-0.25, -0.2) is 9.78 Å². The van der Waals surface area contributed by atoms with Gasteiger partial charge in [-0.1, -0.05) is 0 Å². The zero-order chi connectivity index (χ0) is 17.8. The van der Waals surface area contributed by atoms with E-state index >= 15 is 0 Å². The van der Waals surface area contributed by atoms with Gasteiger partial charge in [0.1, 0.15) is 11.5 Å². The van der Waals surface area contributed by atoms with Crippen molar-refractivity contribution in [3.8, 4) is 22.8 Å². The number of aromatic carboxylic acids is 1. The highest BCUT2D eigenvalue weighted by molar-refractivity contribution is 7.14. The van der Waals surface area contributed by atoms with Crippen molar-refractivity contribution in [1.29, 1.82) is 0 Å². The summed E-state index contributed by atoms with van der Waals surface area (Å²) < 4.78 is 10.7. The molecule has 128 valence electrons. The van der Waals surface area contributed by atoms with E-state index < -0.39 is 5.97 Å². The normalized spacial score (nSPS) is 10.3. The van der Waals surface area contributed by atoms with E-state index in [4.69, 9.17) is 14.6 Å². The molecule has 3 rings (SSSR count). The summed E-state index contributed by atoms with van der Waals surface area (Å²) in [7, 11) is 3.22. The van der Waals surface area contributed by atoms with Gasteiger partial charge in [0.2, 0.25) is 0 Å². The number of rotatable bonds is 6. The molecule has 0 fully saturated rings. The fourth-order valence-electron chi connectivity index (χ4n) is 2.29. The molecule has 6 nitrogen and oxygen atoms in total. The number of thiazole rings is 1. The number of anilines is 2. The second-order valence-electron chi connectivity index (χ2n) is 5.11. The fourth-order valence-corrected chi connectivity index (χ4v) is 3.02. The van der Waals surface area contributed by atoms with Crippen molar-refractivity contribution in [3.63, 3.8) is 0 Å². The number of nitrogens with one attached hydrogen (secondary N) is 1. The summed E-state index contributed by atoms with van der Waals surface area (Å²) in [5.41, 5.74) is 2.62. The Hall–Kier alpha value is -3.06. The molecule has 0 saturated carbocycles. The number of benzene rings is 2. The van der Waals surface area contributed by atoms with Crippen LogP contribution in [-0.2, 0) is 0 Å². The van der Waals surface area contributed by atoms with E-state index in [9.17, 15) is 4.79 Å². The number of hydrogen-bond acceptors (Lipinski definition) is 6. The van der Waals surface area contributed by atoms with E-state index in [1.54, 1.807) is 38.5 Å². The molecular weight excluding hydrogens is 340 g/mol. The average Bonchev–Trinajstić information content (AvgIpc) is 3.10. The summed E-state index contributed by atoms with van der Waals surface area (Å²) in [6.07, 6.45) is 0. The maximum atomic E-state index is 10.9. The number of carbonyl (C=O) groups is 1. The molecule has 0 aliphatic rings. The minimum atomic E-state index is -0.951. The van der Waals surface area contributed by atoms with Crippen LogP contribution in [0, 0.1) is 0 Å². The molecule has 7 heteroatoms. The standard InChI is InChI=1S/C18H16N2O4S/c1-23-13-7-8-16(24-2)14(9-13)15-10-25-18(20-15)19-12-5-3-11(4-6-12)17(21)22/h3-10H,1-2H3,(H,19,20)(H,21,22).